The summed E-state index contributed by atoms with van der Waals surface area (Å²) in [6, 6.07) is 2.38. The third kappa shape index (κ3) is 3.61. The second-order valence-electron chi connectivity index (χ2n) is 3.60. The van der Waals surface area contributed by atoms with Crippen LogP contribution in [0, 0.1) is 11.6 Å². The maximum atomic E-state index is 12.9. The van der Waals surface area contributed by atoms with Crippen LogP contribution >= 0.6 is 12.2 Å². The molecule has 0 heterocycles. The molecule has 0 aliphatic rings. The van der Waals surface area contributed by atoms with Crippen LogP contribution in [-0.4, -0.2) is 18.7 Å². The molecule has 0 fully saturated rings. The van der Waals surface area contributed by atoms with Crippen LogP contribution in [0.1, 0.15) is 13.3 Å². The molecule has 1 aromatic rings. The van der Waals surface area contributed by atoms with Crippen LogP contribution in [0.2, 0.25) is 0 Å². The van der Waals surface area contributed by atoms with Crippen LogP contribution in [-0.2, 0) is 10.0 Å². The van der Waals surface area contributed by atoms with E-state index in [1.54, 1.807) is 6.92 Å². The number of rotatable bonds is 5. The number of nitrogens with two attached hydrogens (primary N) is 1. The summed E-state index contributed by atoms with van der Waals surface area (Å²) < 4.78 is 51.6. The van der Waals surface area contributed by atoms with Crippen molar-refractivity contribution in [3.05, 3.63) is 29.8 Å². The van der Waals surface area contributed by atoms with Gasteiger partial charge in [-0.15, -0.1) is 0 Å². The summed E-state index contributed by atoms with van der Waals surface area (Å²) in [6.45, 7) is 1.59. The number of anilines is 1. The lowest BCUT2D eigenvalue weighted by Crippen LogP contribution is -2.37. The van der Waals surface area contributed by atoms with Gasteiger partial charge in [-0.1, -0.05) is 19.1 Å². The number of hydrogen-bond acceptors (Lipinski definition) is 3. The van der Waals surface area contributed by atoms with E-state index >= 15 is 0 Å². The van der Waals surface area contributed by atoms with Gasteiger partial charge in [0.05, 0.1) is 10.7 Å². The number of benzene rings is 1. The molecule has 1 aromatic carbocycles. The minimum Gasteiger partial charge on any atom is -0.392 e. The van der Waals surface area contributed by atoms with Gasteiger partial charge in [0.25, 0.3) is 0 Å². The fourth-order valence-corrected chi connectivity index (χ4v) is 3.30. The second kappa shape index (κ2) is 5.57. The first-order valence-corrected chi connectivity index (χ1v) is 6.98. The minimum absolute atomic E-state index is 0.169. The Hall–Kier alpha value is -1.28. The molecule has 0 bridgehead atoms. The summed E-state index contributed by atoms with van der Waals surface area (Å²) in [4.78, 5) is -0.193. The lowest BCUT2D eigenvalue weighted by atomic mass is 10.3. The van der Waals surface area contributed by atoms with Crippen molar-refractivity contribution in [2.75, 3.05) is 4.72 Å². The summed E-state index contributed by atoms with van der Waals surface area (Å²) >= 11 is 4.64. The molecule has 0 amide bonds. The zero-order valence-corrected chi connectivity index (χ0v) is 11.1. The normalized spacial score (nSPS) is 13.1. The molecule has 8 heteroatoms. The molecule has 100 valence electrons. The highest BCUT2D eigenvalue weighted by Gasteiger charge is 2.26. The van der Waals surface area contributed by atoms with E-state index in [9.17, 15) is 17.2 Å². The van der Waals surface area contributed by atoms with Crippen molar-refractivity contribution in [3.63, 3.8) is 0 Å². The maximum Gasteiger partial charge on any atom is 0.242 e. The number of hydrogen-bond donors (Lipinski definition) is 2. The summed E-state index contributed by atoms with van der Waals surface area (Å²) in [6.07, 6.45) is 0.169. The first-order valence-electron chi connectivity index (χ1n) is 5.03. The Bertz CT molecular complexity index is 541. The van der Waals surface area contributed by atoms with Gasteiger partial charge >= 0.3 is 0 Å². The smallest absolute Gasteiger partial charge is 0.242 e. The predicted octanol–water partition coefficient (Wildman–Crippen LogP) is 1.77. The zero-order valence-electron chi connectivity index (χ0n) is 9.48. The van der Waals surface area contributed by atoms with E-state index in [1.165, 1.54) is 0 Å². The van der Waals surface area contributed by atoms with E-state index in [1.807, 2.05) is 0 Å². The van der Waals surface area contributed by atoms with Gasteiger partial charge in [-0.05, 0) is 18.6 Å². The van der Waals surface area contributed by atoms with Crippen LogP contribution in [0.4, 0.5) is 14.5 Å². The molecule has 0 saturated carbocycles. The van der Waals surface area contributed by atoms with Crippen LogP contribution in [0.3, 0.4) is 0 Å². The quantitative estimate of drug-likeness (QED) is 0.812. The Morgan fingerprint density at radius 1 is 1.39 bits per heavy atom. The van der Waals surface area contributed by atoms with Crippen molar-refractivity contribution in [1.82, 2.24) is 0 Å². The van der Waals surface area contributed by atoms with Crippen LogP contribution in [0.5, 0.6) is 0 Å². The number of sulfonamides is 1. The summed E-state index contributed by atoms with van der Waals surface area (Å²) in [5, 5.41) is -1.08. The summed E-state index contributed by atoms with van der Waals surface area (Å²) in [5.41, 5.74) is 5.10. The molecule has 4 nitrogen and oxygen atoms in total. The van der Waals surface area contributed by atoms with Gasteiger partial charge in [0.15, 0.2) is 0 Å². The first kappa shape index (κ1) is 14.8. The average molecular weight is 294 g/mol. The Kier molecular flexibility index (Phi) is 4.58. The molecule has 0 saturated heterocycles. The summed E-state index contributed by atoms with van der Waals surface area (Å²) in [5.74, 6) is -1.76. The first-order chi connectivity index (χ1) is 8.26. The van der Waals surface area contributed by atoms with E-state index in [-0.39, 0.29) is 17.1 Å². The molecule has 1 atom stereocenters. The third-order valence-electron chi connectivity index (χ3n) is 2.19. The van der Waals surface area contributed by atoms with E-state index in [0.717, 1.165) is 12.1 Å². The molecule has 0 spiro atoms. The van der Waals surface area contributed by atoms with E-state index < -0.39 is 26.9 Å². The highest BCUT2D eigenvalue weighted by atomic mass is 32.2. The Balaban J connectivity index is 3.05. The van der Waals surface area contributed by atoms with Crippen molar-refractivity contribution in [3.8, 4) is 0 Å². The van der Waals surface area contributed by atoms with Crippen molar-refractivity contribution >= 4 is 32.9 Å². The Labute approximate surface area is 109 Å². The monoisotopic (exact) mass is 294 g/mol. The molecule has 1 unspecified atom stereocenters. The molecule has 3 N–H and O–H groups in total. The molecule has 0 aliphatic carbocycles. The lowest BCUT2D eigenvalue weighted by Gasteiger charge is -2.16. The van der Waals surface area contributed by atoms with Gasteiger partial charge in [-0.3, -0.25) is 4.72 Å². The lowest BCUT2D eigenvalue weighted by molar-refractivity contribution is 0.583. The van der Waals surface area contributed by atoms with Crippen molar-refractivity contribution in [2.45, 2.75) is 18.6 Å². The molecule has 0 aromatic heterocycles. The second-order valence-corrected chi connectivity index (χ2v) is 5.94. The molecular weight excluding hydrogens is 282 g/mol. The molecule has 1 rings (SSSR count). The minimum atomic E-state index is -3.91. The van der Waals surface area contributed by atoms with E-state index in [0.29, 0.717) is 6.07 Å². The van der Waals surface area contributed by atoms with Gasteiger partial charge in [-0.2, -0.15) is 0 Å². The van der Waals surface area contributed by atoms with Gasteiger partial charge < -0.3 is 5.73 Å². The number of halogens is 2. The van der Waals surface area contributed by atoms with Crippen molar-refractivity contribution in [1.29, 1.82) is 0 Å². The molecular formula is C10H12F2N2O2S2. The van der Waals surface area contributed by atoms with Crippen molar-refractivity contribution < 1.29 is 17.2 Å². The SMILES string of the molecule is CCC(C(N)=S)S(=O)(=O)Nc1cc(F)cc(F)c1. The highest BCUT2D eigenvalue weighted by Crippen LogP contribution is 2.17. The summed E-state index contributed by atoms with van der Waals surface area (Å²) in [7, 11) is -3.91. The van der Waals surface area contributed by atoms with Crippen molar-refractivity contribution in [2.24, 2.45) is 5.73 Å². The van der Waals surface area contributed by atoms with Gasteiger partial charge in [0.1, 0.15) is 16.9 Å². The fraction of sp³-hybridized carbons (Fsp3) is 0.300. The van der Waals surface area contributed by atoms with Crippen LogP contribution in [0.25, 0.3) is 0 Å². The Morgan fingerprint density at radius 3 is 2.28 bits per heavy atom. The van der Waals surface area contributed by atoms with Crippen LogP contribution in [0.15, 0.2) is 18.2 Å². The molecule has 0 radical (unpaired) electrons. The van der Waals surface area contributed by atoms with E-state index in [4.69, 9.17) is 5.73 Å². The van der Waals surface area contributed by atoms with E-state index in [2.05, 4.69) is 16.9 Å². The zero-order chi connectivity index (χ0) is 13.9. The molecule has 0 aliphatic heterocycles. The largest absolute Gasteiger partial charge is 0.392 e. The van der Waals surface area contributed by atoms with Gasteiger partial charge in [0.2, 0.25) is 10.0 Å². The number of nitrogens with one attached hydrogen (secondary N) is 1. The average Bonchev–Trinajstić information content (AvgIpc) is 2.13. The standard InChI is InChI=1S/C10H12F2N2O2S2/c1-2-9(10(13)17)18(15,16)14-8-4-6(11)3-7(12)5-8/h3-5,9,14H,2H2,1H3,(H2,13,17). The Morgan fingerprint density at radius 2 is 1.89 bits per heavy atom. The topological polar surface area (TPSA) is 72.2 Å². The van der Waals surface area contributed by atoms with Gasteiger partial charge in [-0.25, -0.2) is 17.2 Å². The van der Waals surface area contributed by atoms with Gasteiger partial charge in [0, 0.05) is 6.07 Å². The predicted molar refractivity (Wildman–Crippen MR) is 69.8 cm³/mol. The maximum absolute atomic E-state index is 12.9. The third-order valence-corrected chi connectivity index (χ3v) is 4.48. The highest BCUT2D eigenvalue weighted by molar-refractivity contribution is 7.95. The fourth-order valence-electron chi connectivity index (χ4n) is 1.42. The molecule has 18 heavy (non-hydrogen) atoms. The number of thiocarbonyl (C=S) groups is 1. The van der Waals surface area contributed by atoms with Crippen LogP contribution < -0.4 is 10.5 Å².